The lowest BCUT2D eigenvalue weighted by molar-refractivity contribution is -0.135. The number of carbonyl (C=O) groups excluding carboxylic acids is 2. The highest BCUT2D eigenvalue weighted by Gasteiger charge is 2.38. The number of aromatic nitrogens is 1. The van der Waals surface area contributed by atoms with E-state index in [-0.39, 0.29) is 23.7 Å². The Labute approximate surface area is 212 Å². The Kier molecular flexibility index (Phi) is 5.19. The third kappa shape index (κ3) is 3.60. The second-order valence-electron chi connectivity index (χ2n) is 9.03. The van der Waals surface area contributed by atoms with Gasteiger partial charge in [0.25, 0.3) is 0 Å². The van der Waals surface area contributed by atoms with E-state index in [0.29, 0.717) is 39.7 Å². The number of phenols is 1. The highest BCUT2D eigenvalue weighted by molar-refractivity contribution is 6.15. The van der Waals surface area contributed by atoms with Crippen molar-refractivity contribution in [1.82, 2.24) is 4.57 Å². The summed E-state index contributed by atoms with van der Waals surface area (Å²) >= 11 is 0. The molecular formula is C29H23NO7. The molecular weight excluding hydrogens is 474 g/mol. The number of nitrogens with zero attached hydrogens (tertiary/aromatic N) is 1. The van der Waals surface area contributed by atoms with Crippen molar-refractivity contribution in [2.75, 3.05) is 14.2 Å². The third-order valence-electron chi connectivity index (χ3n) is 6.90. The molecule has 6 rings (SSSR count). The van der Waals surface area contributed by atoms with Crippen LogP contribution in [0, 0.1) is 0 Å². The molecule has 0 saturated heterocycles. The van der Waals surface area contributed by atoms with Gasteiger partial charge >= 0.3 is 5.97 Å². The summed E-state index contributed by atoms with van der Waals surface area (Å²) in [6.45, 7) is 0. The summed E-state index contributed by atoms with van der Waals surface area (Å²) < 4.78 is 24.2. The first-order valence-electron chi connectivity index (χ1n) is 11.7. The number of phenolic OH excluding ortho intramolecular Hbond substituents is 1. The van der Waals surface area contributed by atoms with E-state index in [9.17, 15) is 14.7 Å². The highest BCUT2D eigenvalue weighted by atomic mass is 16.5. The van der Waals surface area contributed by atoms with Gasteiger partial charge in [0.2, 0.25) is 5.78 Å². The van der Waals surface area contributed by atoms with Crippen molar-refractivity contribution in [2.45, 2.75) is 12.3 Å². The van der Waals surface area contributed by atoms with Crippen LogP contribution in [0.5, 0.6) is 28.7 Å². The monoisotopic (exact) mass is 497 g/mol. The van der Waals surface area contributed by atoms with Crippen LogP contribution in [0.25, 0.3) is 17.0 Å². The maximum atomic E-state index is 13.4. The van der Waals surface area contributed by atoms with E-state index in [0.717, 1.165) is 16.5 Å². The van der Waals surface area contributed by atoms with Crippen LogP contribution in [-0.4, -0.2) is 35.6 Å². The van der Waals surface area contributed by atoms with Crippen LogP contribution in [-0.2, 0) is 11.8 Å². The predicted octanol–water partition coefficient (Wildman–Crippen LogP) is 4.96. The van der Waals surface area contributed by atoms with Crippen molar-refractivity contribution in [3.63, 3.8) is 0 Å². The molecule has 2 aliphatic heterocycles. The molecule has 3 aromatic carbocycles. The molecule has 2 aliphatic rings. The zero-order chi connectivity index (χ0) is 25.8. The van der Waals surface area contributed by atoms with E-state index in [2.05, 4.69) is 0 Å². The number of Topliss-reactive ketones (excluding diaryl/α,β-unsaturated/α-hetero) is 1. The smallest absolute Gasteiger partial charge is 0.312 e. The minimum absolute atomic E-state index is 0.0366. The number of carbonyl (C=O) groups is 2. The van der Waals surface area contributed by atoms with Crippen LogP contribution >= 0.6 is 0 Å². The maximum absolute atomic E-state index is 13.4. The van der Waals surface area contributed by atoms with Gasteiger partial charge in [-0.3, -0.25) is 9.59 Å². The van der Waals surface area contributed by atoms with E-state index in [1.54, 1.807) is 43.5 Å². The van der Waals surface area contributed by atoms with Gasteiger partial charge in [-0.25, -0.2) is 0 Å². The van der Waals surface area contributed by atoms with Gasteiger partial charge < -0.3 is 28.6 Å². The molecule has 0 bridgehead atoms. The molecule has 3 heterocycles. The molecule has 0 radical (unpaired) electrons. The fourth-order valence-electron chi connectivity index (χ4n) is 5.10. The zero-order valence-electron chi connectivity index (χ0n) is 20.4. The number of aryl methyl sites for hydroxylation is 1. The second-order valence-corrected chi connectivity index (χ2v) is 9.03. The number of rotatable bonds is 4. The average Bonchev–Trinajstić information content (AvgIpc) is 3.38. The van der Waals surface area contributed by atoms with Crippen LogP contribution in [0.4, 0.5) is 0 Å². The van der Waals surface area contributed by atoms with E-state index in [1.165, 1.54) is 7.11 Å². The quantitative estimate of drug-likeness (QED) is 0.242. The lowest BCUT2D eigenvalue weighted by Crippen LogP contribution is -2.21. The number of fused-ring (bicyclic) bond motifs is 4. The standard InChI is InChI=1S/C29H23NO7/c1-30-14-16(19-12-17(34-2)5-7-21(19)30)11-25-28(33)18-6-9-24-27(29(18)37-25)20(13-26(32)36-24)15-4-8-23(35-3)22(31)10-15/h4-12,14,20,31H,13H2,1-3H3. The van der Waals surface area contributed by atoms with Crippen LogP contribution < -0.4 is 18.9 Å². The second kappa shape index (κ2) is 8.44. The summed E-state index contributed by atoms with van der Waals surface area (Å²) in [6.07, 6.45) is 3.69. The summed E-state index contributed by atoms with van der Waals surface area (Å²) in [7, 11) is 5.01. The normalized spacial score (nSPS) is 17.4. The summed E-state index contributed by atoms with van der Waals surface area (Å²) in [5, 5.41) is 11.3. The van der Waals surface area contributed by atoms with Crippen LogP contribution in [0.2, 0.25) is 0 Å². The Morgan fingerprint density at radius 1 is 1.03 bits per heavy atom. The Balaban J connectivity index is 1.46. The molecule has 0 saturated carbocycles. The van der Waals surface area contributed by atoms with Crippen molar-refractivity contribution >= 4 is 28.7 Å². The SMILES string of the molecule is COc1ccc2c(c1)c(C=C1Oc3c(ccc4c3C(c3ccc(OC)c(O)c3)CC(=O)O4)C1=O)cn2C. The van der Waals surface area contributed by atoms with Gasteiger partial charge in [-0.05, 0) is 54.1 Å². The third-order valence-corrected chi connectivity index (χ3v) is 6.90. The molecule has 1 unspecified atom stereocenters. The molecule has 8 heteroatoms. The van der Waals surface area contributed by atoms with Gasteiger partial charge in [-0.2, -0.15) is 0 Å². The Morgan fingerprint density at radius 2 is 1.86 bits per heavy atom. The van der Waals surface area contributed by atoms with Gasteiger partial charge in [0.1, 0.15) is 17.2 Å². The number of esters is 1. The predicted molar refractivity (Wildman–Crippen MR) is 136 cm³/mol. The van der Waals surface area contributed by atoms with E-state index < -0.39 is 11.9 Å². The summed E-state index contributed by atoms with van der Waals surface area (Å²) in [5.41, 5.74) is 3.46. The molecule has 37 heavy (non-hydrogen) atoms. The van der Waals surface area contributed by atoms with Crippen molar-refractivity contribution in [1.29, 1.82) is 0 Å². The maximum Gasteiger partial charge on any atom is 0.312 e. The van der Waals surface area contributed by atoms with Gasteiger partial charge in [0, 0.05) is 41.2 Å². The number of hydrogen-bond acceptors (Lipinski definition) is 7. The van der Waals surface area contributed by atoms with Gasteiger partial charge in [0.05, 0.1) is 26.2 Å². The zero-order valence-corrected chi connectivity index (χ0v) is 20.4. The topological polar surface area (TPSA) is 96.2 Å². The average molecular weight is 498 g/mol. The number of hydrogen-bond donors (Lipinski definition) is 1. The molecule has 0 amide bonds. The first-order chi connectivity index (χ1) is 17.9. The molecule has 186 valence electrons. The first-order valence-corrected chi connectivity index (χ1v) is 11.7. The Bertz CT molecular complexity index is 1650. The minimum Gasteiger partial charge on any atom is -0.504 e. The summed E-state index contributed by atoms with van der Waals surface area (Å²) in [5.74, 6) is 0.717. The number of aromatic hydroxyl groups is 1. The van der Waals surface area contributed by atoms with Gasteiger partial charge in [-0.1, -0.05) is 6.07 Å². The van der Waals surface area contributed by atoms with E-state index in [4.69, 9.17) is 18.9 Å². The Morgan fingerprint density at radius 3 is 2.62 bits per heavy atom. The van der Waals surface area contributed by atoms with Gasteiger partial charge in [0.15, 0.2) is 17.3 Å². The lowest BCUT2D eigenvalue weighted by atomic mass is 9.84. The Hall–Kier alpha value is -4.72. The summed E-state index contributed by atoms with van der Waals surface area (Å²) in [4.78, 5) is 25.8. The summed E-state index contributed by atoms with van der Waals surface area (Å²) in [6, 6.07) is 14.0. The molecule has 0 fully saturated rings. The van der Waals surface area contributed by atoms with Crippen LogP contribution in [0.15, 0.2) is 60.5 Å². The van der Waals surface area contributed by atoms with E-state index >= 15 is 0 Å². The molecule has 0 spiro atoms. The van der Waals surface area contributed by atoms with Crippen molar-refractivity contribution < 1.29 is 33.6 Å². The molecule has 1 aromatic heterocycles. The lowest BCUT2D eigenvalue weighted by Gasteiger charge is -2.26. The molecule has 8 nitrogen and oxygen atoms in total. The number of methoxy groups -OCH3 is 2. The first kappa shape index (κ1) is 22.7. The molecule has 1 atom stereocenters. The highest BCUT2D eigenvalue weighted by Crippen LogP contribution is 2.49. The fraction of sp³-hybridized carbons (Fsp3) is 0.172. The fourth-order valence-corrected chi connectivity index (χ4v) is 5.10. The molecule has 4 aromatic rings. The van der Waals surface area contributed by atoms with Crippen molar-refractivity contribution in [2.24, 2.45) is 7.05 Å². The number of allylic oxidation sites excluding steroid dienone is 1. The van der Waals surface area contributed by atoms with Gasteiger partial charge in [-0.15, -0.1) is 0 Å². The van der Waals surface area contributed by atoms with Crippen molar-refractivity contribution in [3.8, 4) is 28.7 Å². The number of benzene rings is 3. The molecule has 0 aliphatic carbocycles. The largest absolute Gasteiger partial charge is 0.504 e. The number of ketones is 1. The molecule has 1 N–H and O–H groups in total. The number of ether oxygens (including phenoxy) is 4. The van der Waals surface area contributed by atoms with Crippen LogP contribution in [0.3, 0.4) is 0 Å². The van der Waals surface area contributed by atoms with Crippen LogP contribution in [0.1, 0.15) is 39.4 Å². The van der Waals surface area contributed by atoms with Crippen molar-refractivity contribution in [3.05, 3.63) is 82.7 Å². The van der Waals surface area contributed by atoms with E-state index in [1.807, 2.05) is 36.0 Å². The minimum atomic E-state index is -0.475.